The zero-order valence-corrected chi connectivity index (χ0v) is 13.2. The molecule has 7 nitrogen and oxygen atoms in total. The van der Waals surface area contributed by atoms with Gasteiger partial charge in [-0.15, -0.1) is 0 Å². The molecule has 0 unspecified atom stereocenters. The third kappa shape index (κ3) is 6.54. The van der Waals surface area contributed by atoms with Crippen molar-refractivity contribution in [2.24, 2.45) is 0 Å². The number of ether oxygens (including phenoxy) is 1. The average molecular weight is 338 g/mol. The van der Waals surface area contributed by atoms with E-state index in [1.807, 2.05) is 6.07 Å². The number of hydrogen-bond acceptors (Lipinski definition) is 5. The molecule has 0 saturated heterocycles. The van der Waals surface area contributed by atoms with Crippen molar-refractivity contribution >= 4 is 15.9 Å². The van der Waals surface area contributed by atoms with Crippen LogP contribution in [0.1, 0.15) is 5.76 Å². The van der Waals surface area contributed by atoms with Gasteiger partial charge in [-0.25, -0.2) is 13.1 Å². The van der Waals surface area contributed by atoms with E-state index < -0.39 is 10.0 Å². The van der Waals surface area contributed by atoms with Crippen molar-refractivity contribution in [1.29, 1.82) is 0 Å². The number of sulfonamides is 1. The zero-order valence-electron chi connectivity index (χ0n) is 12.4. The van der Waals surface area contributed by atoms with Crippen molar-refractivity contribution in [3.63, 3.8) is 0 Å². The summed E-state index contributed by atoms with van der Waals surface area (Å²) >= 11 is 0. The zero-order chi connectivity index (χ0) is 16.5. The first kappa shape index (κ1) is 17.0. The lowest BCUT2D eigenvalue weighted by Crippen LogP contribution is -2.36. The molecule has 2 rings (SSSR count). The van der Waals surface area contributed by atoms with Gasteiger partial charge >= 0.3 is 0 Å². The number of rotatable bonds is 9. The van der Waals surface area contributed by atoms with Gasteiger partial charge < -0.3 is 14.5 Å². The summed E-state index contributed by atoms with van der Waals surface area (Å²) in [5.74, 6) is 0.504. The molecule has 2 N–H and O–H groups in total. The maximum absolute atomic E-state index is 11.8. The largest absolute Gasteiger partial charge is 0.484 e. The Morgan fingerprint density at radius 3 is 2.61 bits per heavy atom. The third-order valence-corrected chi connectivity index (χ3v) is 4.18. The highest BCUT2D eigenvalue weighted by Crippen LogP contribution is 2.07. The molecule has 0 aliphatic rings. The summed E-state index contributed by atoms with van der Waals surface area (Å²) in [5, 5.41) is 2.50. The Bertz CT molecular complexity index is 699. The molecular formula is C15H18N2O5S. The molecule has 23 heavy (non-hydrogen) atoms. The van der Waals surface area contributed by atoms with E-state index in [4.69, 9.17) is 9.15 Å². The molecule has 0 aliphatic carbocycles. The summed E-state index contributed by atoms with van der Waals surface area (Å²) in [5.41, 5.74) is 0. The van der Waals surface area contributed by atoms with Crippen LogP contribution in [0.15, 0.2) is 53.1 Å². The molecule has 0 atom stereocenters. The van der Waals surface area contributed by atoms with E-state index in [1.165, 1.54) is 6.26 Å². The van der Waals surface area contributed by atoms with Crippen LogP contribution < -0.4 is 14.8 Å². The topological polar surface area (TPSA) is 97.6 Å². The monoisotopic (exact) mass is 338 g/mol. The van der Waals surface area contributed by atoms with Gasteiger partial charge in [0, 0.05) is 6.54 Å². The Hall–Kier alpha value is -2.32. The lowest BCUT2D eigenvalue weighted by Gasteiger charge is -2.08. The summed E-state index contributed by atoms with van der Waals surface area (Å²) in [7, 11) is -3.49. The number of nitrogens with one attached hydrogen (secondary N) is 2. The molecule has 0 spiro atoms. The third-order valence-electron chi connectivity index (χ3n) is 2.85. The number of carbonyl (C=O) groups excluding carboxylic acids is 1. The molecule has 1 heterocycles. The fourth-order valence-electron chi connectivity index (χ4n) is 1.71. The Morgan fingerprint density at radius 2 is 1.91 bits per heavy atom. The summed E-state index contributed by atoms with van der Waals surface area (Å²) in [6, 6.07) is 12.2. The molecule has 2 aromatic rings. The van der Waals surface area contributed by atoms with E-state index in [0.29, 0.717) is 11.5 Å². The average Bonchev–Trinajstić information content (AvgIpc) is 3.05. The number of furan rings is 1. The second kappa shape index (κ2) is 8.35. The van der Waals surface area contributed by atoms with E-state index in [-0.39, 0.29) is 31.4 Å². The minimum Gasteiger partial charge on any atom is -0.484 e. The molecule has 124 valence electrons. The van der Waals surface area contributed by atoms with Crippen LogP contribution in [-0.2, 0) is 21.4 Å². The van der Waals surface area contributed by atoms with Crippen LogP contribution in [0.5, 0.6) is 5.75 Å². The maximum atomic E-state index is 11.8. The summed E-state index contributed by atoms with van der Waals surface area (Å²) in [6.07, 6.45) is 1.47. The fraction of sp³-hybridized carbons (Fsp3) is 0.267. The van der Waals surface area contributed by atoms with Crippen LogP contribution in [0.2, 0.25) is 0 Å². The van der Waals surface area contributed by atoms with E-state index in [0.717, 1.165) is 0 Å². The van der Waals surface area contributed by atoms with E-state index in [1.54, 1.807) is 36.4 Å². The van der Waals surface area contributed by atoms with Crippen LogP contribution in [0.3, 0.4) is 0 Å². The van der Waals surface area contributed by atoms with Gasteiger partial charge in [0.25, 0.3) is 5.91 Å². The maximum Gasteiger partial charge on any atom is 0.257 e. The van der Waals surface area contributed by atoms with Crippen molar-refractivity contribution in [2.45, 2.75) is 6.54 Å². The van der Waals surface area contributed by atoms with E-state index in [2.05, 4.69) is 10.0 Å². The summed E-state index contributed by atoms with van der Waals surface area (Å²) < 4.78 is 36.2. The van der Waals surface area contributed by atoms with Crippen LogP contribution in [0, 0.1) is 0 Å². The fourth-order valence-corrected chi connectivity index (χ4v) is 2.59. The normalized spacial score (nSPS) is 11.1. The van der Waals surface area contributed by atoms with Crippen molar-refractivity contribution in [2.75, 3.05) is 18.9 Å². The minimum atomic E-state index is -3.49. The molecule has 1 aromatic heterocycles. The SMILES string of the molecule is O=C(COc1ccccc1)NCCS(=O)(=O)NCc1ccco1. The van der Waals surface area contributed by atoms with Crippen molar-refractivity contribution in [3.8, 4) is 5.75 Å². The Balaban J connectivity index is 1.64. The first-order valence-electron chi connectivity index (χ1n) is 6.99. The number of amides is 1. The molecule has 8 heteroatoms. The lowest BCUT2D eigenvalue weighted by molar-refractivity contribution is -0.122. The van der Waals surface area contributed by atoms with Crippen molar-refractivity contribution < 1.29 is 22.4 Å². The second-order valence-corrected chi connectivity index (χ2v) is 6.60. The molecule has 0 fully saturated rings. The van der Waals surface area contributed by atoms with Crippen LogP contribution in [0.25, 0.3) is 0 Å². The van der Waals surface area contributed by atoms with Gasteiger partial charge in [0.1, 0.15) is 11.5 Å². The number of benzene rings is 1. The van der Waals surface area contributed by atoms with Crippen LogP contribution in [0.4, 0.5) is 0 Å². The molecule has 0 aliphatic heterocycles. The minimum absolute atomic E-state index is 0.00444. The number of carbonyl (C=O) groups is 1. The van der Waals surface area contributed by atoms with Gasteiger partial charge in [0.2, 0.25) is 10.0 Å². The molecular weight excluding hydrogens is 320 g/mol. The molecule has 1 aromatic carbocycles. The van der Waals surface area contributed by atoms with E-state index in [9.17, 15) is 13.2 Å². The summed E-state index contributed by atoms with van der Waals surface area (Å²) in [6.45, 7) is -0.0746. The Morgan fingerprint density at radius 1 is 1.13 bits per heavy atom. The standard InChI is InChI=1S/C15H18N2O5S/c18-15(12-22-13-5-2-1-3-6-13)16-8-10-23(19,20)17-11-14-7-4-9-21-14/h1-7,9,17H,8,10-12H2,(H,16,18). The van der Waals surface area contributed by atoms with E-state index >= 15 is 0 Å². The highest BCUT2D eigenvalue weighted by atomic mass is 32.2. The van der Waals surface area contributed by atoms with Gasteiger partial charge in [-0.1, -0.05) is 18.2 Å². The first-order valence-corrected chi connectivity index (χ1v) is 8.65. The van der Waals surface area contributed by atoms with Crippen LogP contribution in [-0.4, -0.2) is 33.2 Å². The highest BCUT2D eigenvalue weighted by Gasteiger charge is 2.11. The molecule has 1 amide bonds. The first-order chi connectivity index (χ1) is 11.1. The lowest BCUT2D eigenvalue weighted by atomic mass is 10.3. The molecule has 0 bridgehead atoms. The van der Waals surface area contributed by atoms with Gasteiger partial charge in [0.15, 0.2) is 6.61 Å². The van der Waals surface area contributed by atoms with Crippen molar-refractivity contribution in [3.05, 3.63) is 54.5 Å². The quantitative estimate of drug-likeness (QED) is 0.708. The smallest absolute Gasteiger partial charge is 0.257 e. The van der Waals surface area contributed by atoms with Gasteiger partial charge in [-0.05, 0) is 24.3 Å². The molecule has 0 saturated carbocycles. The Labute approximate surface area is 134 Å². The van der Waals surface area contributed by atoms with Crippen molar-refractivity contribution in [1.82, 2.24) is 10.0 Å². The molecule has 0 radical (unpaired) electrons. The van der Waals surface area contributed by atoms with Crippen LogP contribution >= 0.6 is 0 Å². The second-order valence-electron chi connectivity index (χ2n) is 4.67. The van der Waals surface area contributed by atoms with Gasteiger partial charge in [-0.3, -0.25) is 4.79 Å². The van der Waals surface area contributed by atoms with Gasteiger partial charge in [-0.2, -0.15) is 0 Å². The summed E-state index contributed by atoms with van der Waals surface area (Å²) in [4.78, 5) is 11.6. The predicted octanol–water partition coefficient (Wildman–Crippen LogP) is 0.894. The predicted molar refractivity (Wildman–Crippen MR) is 84.3 cm³/mol. The number of para-hydroxylation sites is 1. The highest BCUT2D eigenvalue weighted by molar-refractivity contribution is 7.89. The van der Waals surface area contributed by atoms with Gasteiger partial charge in [0.05, 0.1) is 18.6 Å². The number of hydrogen-bond donors (Lipinski definition) is 2. The Kier molecular flexibility index (Phi) is 6.19.